The van der Waals surface area contributed by atoms with E-state index in [4.69, 9.17) is 0 Å². The van der Waals surface area contributed by atoms with Gasteiger partial charge in [0.2, 0.25) is 0 Å². The van der Waals surface area contributed by atoms with Gasteiger partial charge < -0.3 is 5.32 Å². The minimum atomic E-state index is 0.631. The summed E-state index contributed by atoms with van der Waals surface area (Å²) in [5.41, 5.74) is 0. The Morgan fingerprint density at radius 2 is 1.88 bits per heavy atom. The van der Waals surface area contributed by atoms with Gasteiger partial charge in [0.25, 0.3) is 0 Å². The van der Waals surface area contributed by atoms with Gasteiger partial charge in [-0.15, -0.1) is 0 Å². The number of nitrogens with one attached hydrogen (secondary N) is 1. The third kappa shape index (κ3) is 3.21. The lowest BCUT2D eigenvalue weighted by molar-refractivity contribution is 0.0615. The van der Waals surface area contributed by atoms with E-state index in [9.17, 15) is 0 Å². The van der Waals surface area contributed by atoms with Gasteiger partial charge in [-0.2, -0.15) is 0 Å². The summed E-state index contributed by atoms with van der Waals surface area (Å²) < 4.78 is 0. The Bertz CT molecular complexity index is 201. The molecule has 0 aromatic rings. The van der Waals surface area contributed by atoms with E-state index < -0.39 is 0 Å². The van der Waals surface area contributed by atoms with Crippen molar-refractivity contribution in [3.8, 4) is 0 Å². The van der Waals surface area contributed by atoms with Crippen LogP contribution in [0, 0.1) is 5.92 Å². The van der Waals surface area contributed by atoms with Crippen LogP contribution in [0.2, 0.25) is 0 Å². The quantitative estimate of drug-likeness (QED) is 0.790. The van der Waals surface area contributed by atoms with E-state index in [1.807, 2.05) is 0 Å². The third-order valence-corrected chi connectivity index (χ3v) is 4.31. The number of fused-ring (bicyclic) bond motifs is 1. The van der Waals surface area contributed by atoms with Crippen molar-refractivity contribution in [2.45, 2.75) is 64.5 Å². The zero-order valence-electron chi connectivity index (χ0n) is 11.0. The SMILES string of the molecule is CC(C)NCCN1CCCC2CCCCC21. The van der Waals surface area contributed by atoms with Crippen molar-refractivity contribution in [3.05, 3.63) is 0 Å². The van der Waals surface area contributed by atoms with Crippen LogP contribution in [0.15, 0.2) is 0 Å². The van der Waals surface area contributed by atoms with Crippen LogP contribution in [-0.2, 0) is 0 Å². The topological polar surface area (TPSA) is 15.3 Å². The molecule has 2 rings (SSSR count). The van der Waals surface area contributed by atoms with Gasteiger partial charge in [0, 0.05) is 25.2 Å². The van der Waals surface area contributed by atoms with E-state index in [-0.39, 0.29) is 0 Å². The number of hydrogen-bond donors (Lipinski definition) is 1. The standard InChI is InChI=1S/C14H28N2/c1-12(2)15-9-11-16-10-5-7-13-6-3-4-8-14(13)16/h12-15H,3-11H2,1-2H3. The van der Waals surface area contributed by atoms with Crippen molar-refractivity contribution in [1.82, 2.24) is 10.2 Å². The molecule has 1 saturated carbocycles. The Balaban J connectivity index is 1.78. The molecule has 2 nitrogen and oxygen atoms in total. The Hall–Kier alpha value is -0.0800. The predicted molar refractivity (Wildman–Crippen MR) is 69.7 cm³/mol. The molecule has 0 spiro atoms. The number of rotatable bonds is 4. The Kier molecular flexibility index (Phi) is 4.66. The van der Waals surface area contributed by atoms with Gasteiger partial charge in [0.05, 0.1) is 0 Å². The van der Waals surface area contributed by atoms with Gasteiger partial charge in [-0.05, 0) is 38.1 Å². The minimum Gasteiger partial charge on any atom is -0.313 e. The first-order valence-electron chi connectivity index (χ1n) is 7.25. The van der Waals surface area contributed by atoms with E-state index in [1.165, 1.54) is 58.2 Å². The van der Waals surface area contributed by atoms with Crippen LogP contribution in [0.1, 0.15) is 52.4 Å². The van der Waals surface area contributed by atoms with Crippen LogP contribution >= 0.6 is 0 Å². The molecule has 1 aliphatic heterocycles. The molecule has 0 radical (unpaired) electrons. The van der Waals surface area contributed by atoms with Crippen molar-refractivity contribution in [3.63, 3.8) is 0 Å². The molecule has 0 aromatic carbocycles. The molecular formula is C14H28N2. The molecule has 2 atom stereocenters. The van der Waals surface area contributed by atoms with Gasteiger partial charge in [0.1, 0.15) is 0 Å². The highest BCUT2D eigenvalue weighted by molar-refractivity contribution is 4.87. The van der Waals surface area contributed by atoms with Gasteiger partial charge >= 0.3 is 0 Å². The van der Waals surface area contributed by atoms with Crippen LogP contribution in [-0.4, -0.2) is 36.6 Å². The maximum atomic E-state index is 3.55. The molecule has 1 N–H and O–H groups in total. The van der Waals surface area contributed by atoms with Crippen molar-refractivity contribution < 1.29 is 0 Å². The highest BCUT2D eigenvalue weighted by Gasteiger charge is 2.32. The number of hydrogen-bond acceptors (Lipinski definition) is 2. The maximum absolute atomic E-state index is 3.55. The molecule has 1 saturated heterocycles. The summed E-state index contributed by atoms with van der Waals surface area (Å²) >= 11 is 0. The molecular weight excluding hydrogens is 196 g/mol. The molecule has 2 unspecified atom stereocenters. The lowest BCUT2D eigenvalue weighted by atomic mass is 9.78. The normalized spacial score (nSPS) is 31.7. The van der Waals surface area contributed by atoms with E-state index in [2.05, 4.69) is 24.1 Å². The smallest absolute Gasteiger partial charge is 0.0124 e. The summed E-state index contributed by atoms with van der Waals surface area (Å²) in [6, 6.07) is 1.56. The molecule has 0 aromatic heterocycles. The highest BCUT2D eigenvalue weighted by Crippen LogP contribution is 2.34. The fraction of sp³-hybridized carbons (Fsp3) is 1.00. The van der Waals surface area contributed by atoms with Crippen molar-refractivity contribution >= 4 is 0 Å². The summed E-state index contributed by atoms with van der Waals surface area (Å²) in [5, 5.41) is 3.55. The van der Waals surface area contributed by atoms with Gasteiger partial charge in [0.15, 0.2) is 0 Å². The Labute approximate surface area is 101 Å². The molecule has 1 aliphatic carbocycles. The summed E-state index contributed by atoms with van der Waals surface area (Å²) in [7, 11) is 0. The summed E-state index contributed by atoms with van der Waals surface area (Å²) in [6.45, 7) is 8.25. The third-order valence-electron chi connectivity index (χ3n) is 4.31. The van der Waals surface area contributed by atoms with Gasteiger partial charge in [-0.3, -0.25) is 4.90 Å². The summed E-state index contributed by atoms with van der Waals surface area (Å²) in [4.78, 5) is 2.77. The summed E-state index contributed by atoms with van der Waals surface area (Å²) in [5.74, 6) is 1.03. The minimum absolute atomic E-state index is 0.631. The average Bonchev–Trinajstić information content (AvgIpc) is 2.29. The van der Waals surface area contributed by atoms with Crippen LogP contribution in [0.5, 0.6) is 0 Å². The van der Waals surface area contributed by atoms with Gasteiger partial charge in [-0.25, -0.2) is 0 Å². The lowest BCUT2D eigenvalue weighted by Crippen LogP contribution is -2.49. The zero-order chi connectivity index (χ0) is 11.4. The number of nitrogens with zero attached hydrogens (tertiary/aromatic N) is 1. The van der Waals surface area contributed by atoms with E-state index in [0.717, 1.165) is 12.0 Å². The van der Waals surface area contributed by atoms with Crippen LogP contribution in [0.25, 0.3) is 0 Å². The summed E-state index contributed by atoms with van der Waals surface area (Å²) in [6.07, 6.45) is 8.85. The van der Waals surface area contributed by atoms with Crippen molar-refractivity contribution in [2.75, 3.05) is 19.6 Å². The molecule has 0 bridgehead atoms. The highest BCUT2D eigenvalue weighted by atomic mass is 15.2. The maximum Gasteiger partial charge on any atom is 0.0124 e. The largest absolute Gasteiger partial charge is 0.313 e. The molecule has 2 aliphatic rings. The van der Waals surface area contributed by atoms with E-state index in [1.54, 1.807) is 0 Å². The molecule has 2 heteroatoms. The first-order chi connectivity index (χ1) is 7.77. The second-order valence-electron chi connectivity index (χ2n) is 5.90. The van der Waals surface area contributed by atoms with Crippen molar-refractivity contribution in [1.29, 1.82) is 0 Å². The molecule has 16 heavy (non-hydrogen) atoms. The number of piperidine rings is 1. The van der Waals surface area contributed by atoms with Crippen molar-refractivity contribution in [2.24, 2.45) is 5.92 Å². The zero-order valence-corrected chi connectivity index (χ0v) is 11.0. The van der Waals surface area contributed by atoms with Crippen LogP contribution < -0.4 is 5.32 Å². The first-order valence-corrected chi connectivity index (χ1v) is 7.25. The molecule has 0 amide bonds. The fourth-order valence-electron chi connectivity index (χ4n) is 3.50. The van der Waals surface area contributed by atoms with Gasteiger partial charge in [-0.1, -0.05) is 26.7 Å². The Morgan fingerprint density at radius 3 is 2.69 bits per heavy atom. The Morgan fingerprint density at radius 1 is 1.12 bits per heavy atom. The molecule has 94 valence electrons. The second kappa shape index (κ2) is 6.02. The molecule has 1 heterocycles. The van der Waals surface area contributed by atoms with E-state index >= 15 is 0 Å². The monoisotopic (exact) mass is 224 g/mol. The van der Waals surface area contributed by atoms with E-state index in [0.29, 0.717) is 6.04 Å². The van der Waals surface area contributed by atoms with Crippen LogP contribution in [0.4, 0.5) is 0 Å². The fourth-order valence-corrected chi connectivity index (χ4v) is 3.50. The average molecular weight is 224 g/mol. The number of likely N-dealkylation sites (tertiary alicyclic amines) is 1. The lowest BCUT2D eigenvalue weighted by Gasteiger charge is -2.44. The first kappa shape index (κ1) is 12.4. The van der Waals surface area contributed by atoms with Crippen LogP contribution in [0.3, 0.4) is 0 Å². The predicted octanol–water partition coefficient (Wildman–Crippen LogP) is 2.64. The second-order valence-corrected chi connectivity index (χ2v) is 5.90. The molecule has 2 fully saturated rings.